The number of H-pyrrole nitrogens is 2. The minimum absolute atomic E-state index is 0.0281. The van der Waals surface area contributed by atoms with Crippen LogP contribution in [0.15, 0.2) is 73.1 Å². The number of rotatable bonds is 9. The summed E-state index contributed by atoms with van der Waals surface area (Å²) in [5.74, 6) is 1.09. The Kier molecular flexibility index (Phi) is 10.3. The monoisotopic (exact) mass is 732 g/mol. The predicted molar refractivity (Wildman–Crippen MR) is 202 cm³/mol. The van der Waals surface area contributed by atoms with Crippen LogP contribution in [0.25, 0.3) is 44.4 Å². The van der Waals surface area contributed by atoms with Crippen molar-refractivity contribution >= 4 is 34.8 Å². The molecule has 4 atom stereocenters. The highest BCUT2D eigenvalue weighted by Crippen LogP contribution is 2.37. The zero-order valence-corrected chi connectivity index (χ0v) is 30.7. The molecule has 2 saturated heterocycles. The highest BCUT2D eigenvalue weighted by Gasteiger charge is 2.38. The van der Waals surface area contributed by atoms with Gasteiger partial charge in [0.25, 0.3) is 0 Å². The van der Waals surface area contributed by atoms with Crippen LogP contribution in [0, 0.1) is 0 Å². The zero-order valence-electron chi connectivity index (χ0n) is 30.7. The lowest BCUT2D eigenvalue weighted by Gasteiger charge is -2.27. The molecule has 280 valence electrons. The molecule has 0 bridgehead atoms. The summed E-state index contributed by atoms with van der Waals surface area (Å²) in [6.07, 6.45) is 5.58. The van der Waals surface area contributed by atoms with E-state index in [4.69, 9.17) is 0 Å². The van der Waals surface area contributed by atoms with Gasteiger partial charge in [-0.3, -0.25) is 9.59 Å². The number of carbonyl (C=O) groups excluding carboxylic acids is 4. The number of nitrogens with zero attached hydrogens (tertiary/aromatic N) is 4. The number of carbonyl (C=O) groups is 4. The number of imidazole rings is 2. The van der Waals surface area contributed by atoms with Gasteiger partial charge in [0.1, 0.15) is 24.7 Å². The summed E-state index contributed by atoms with van der Waals surface area (Å²) in [5, 5.41) is 7.16. The van der Waals surface area contributed by atoms with Gasteiger partial charge in [0.05, 0.1) is 50.1 Å². The molecule has 4 amide bonds. The first-order valence-corrected chi connectivity index (χ1v) is 18.1. The molecule has 14 heteroatoms. The molecule has 4 heterocycles. The number of fused-ring (bicyclic) bond motifs is 1. The molecule has 0 radical (unpaired) electrons. The van der Waals surface area contributed by atoms with Crippen LogP contribution >= 0.6 is 0 Å². The van der Waals surface area contributed by atoms with Gasteiger partial charge in [0, 0.05) is 17.6 Å². The van der Waals surface area contributed by atoms with Crippen molar-refractivity contribution in [1.82, 2.24) is 40.4 Å². The predicted octanol–water partition coefficient (Wildman–Crippen LogP) is 6.10. The number of aromatic amines is 2. The van der Waals surface area contributed by atoms with Crippen molar-refractivity contribution < 1.29 is 28.7 Å². The highest BCUT2D eigenvalue weighted by atomic mass is 16.5. The second kappa shape index (κ2) is 15.4. The van der Waals surface area contributed by atoms with Crippen LogP contribution in [0.2, 0.25) is 0 Å². The quantitative estimate of drug-likeness (QED) is 0.141. The van der Waals surface area contributed by atoms with Crippen LogP contribution in [-0.2, 0) is 19.1 Å². The Labute approximate surface area is 312 Å². The van der Waals surface area contributed by atoms with Crippen molar-refractivity contribution in [3.63, 3.8) is 0 Å². The number of nitrogens with one attached hydrogen (secondary N) is 4. The van der Waals surface area contributed by atoms with Crippen LogP contribution in [0.4, 0.5) is 9.59 Å². The second-order valence-corrected chi connectivity index (χ2v) is 13.9. The van der Waals surface area contributed by atoms with Gasteiger partial charge in [-0.25, -0.2) is 19.6 Å². The summed E-state index contributed by atoms with van der Waals surface area (Å²) in [6, 6.07) is 20.7. The van der Waals surface area contributed by atoms with Crippen molar-refractivity contribution in [3.8, 4) is 33.6 Å². The Hall–Kier alpha value is -6.18. The highest BCUT2D eigenvalue weighted by molar-refractivity contribution is 5.91. The fourth-order valence-electron chi connectivity index (χ4n) is 7.71. The van der Waals surface area contributed by atoms with Gasteiger partial charge in [-0.1, -0.05) is 48.5 Å². The summed E-state index contributed by atoms with van der Waals surface area (Å²) < 4.78 is 9.21. The number of likely N-dealkylation sites (tertiary alicyclic amines) is 2. The van der Waals surface area contributed by atoms with E-state index in [0.29, 0.717) is 0 Å². The van der Waals surface area contributed by atoms with Crippen LogP contribution in [-0.4, -0.2) is 93.1 Å². The van der Waals surface area contributed by atoms with E-state index in [1.807, 2.05) is 20.0 Å². The van der Waals surface area contributed by atoms with Gasteiger partial charge < -0.3 is 39.9 Å². The molecule has 2 aromatic heterocycles. The molecule has 4 N–H and O–H groups in total. The molecule has 0 spiro atoms. The molecule has 3 aromatic carbocycles. The molecule has 2 aliphatic heterocycles. The largest absolute Gasteiger partial charge is 0.453 e. The van der Waals surface area contributed by atoms with E-state index in [2.05, 4.69) is 101 Å². The lowest BCUT2D eigenvalue weighted by Crippen LogP contribution is -2.43. The number of aromatic nitrogens is 4. The second-order valence-electron chi connectivity index (χ2n) is 13.9. The Morgan fingerprint density at radius 1 is 0.630 bits per heavy atom. The van der Waals surface area contributed by atoms with Crippen molar-refractivity contribution in [3.05, 3.63) is 84.7 Å². The Bertz CT molecular complexity index is 2180. The average molecular weight is 733 g/mol. The molecule has 2 aliphatic rings. The third kappa shape index (κ3) is 7.36. The fraction of sp³-hybridized carbons (Fsp3) is 0.350. The fourth-order valence-corrected chi connectivity index (χ4v) is 7.71. The number of hydrogen-bond donors (Lipinski definition) is 4. The third-order valence-electron chi connectivity index (χ3n) is 10.6. The molecular weight excluding hydrogens is 688 g/mol. The number of benzene rings is 3. The van der Waals surface area contributed by atoms with E-state index in [1.54, 1.807) is 16.0 Å². The molecule has 7 rings (SSSR count). The maximum atomic E-state index is 13.0. The minimum atomic E-state index is -0.638. The normalized spacial score (nSPS) is 19.6. The molecule has 0 aliphatic carbocycles. The number of alkyl carbamates (subject to hydrolysis) is 2. The summed E-state index contributed by atoms with van der Waals surface area (Å²) in [6.45, 7) is 3.75. The topological polar surface area (TPSA) is 175 Å². The van der Waals surface area contributed by atoms with Gasteiger partial charge in [-0.15, -0.1) is 0 Å². The molecule has 0 unspecified atom stereocenters. The Morgan fingerprint density at radius 3 is 1.56 bits per heavy atom. The van der Waals surface area contributed by atoms with E-state index in [0.717, 1.165) is 81.7 Å². The standard InChI is InChI=1S/C40H44N8O6/c1-23-5-15-33(47(23)35(49)21-43-39(51)53-3)37-41-19-31(45-37)26-9-7-25(8-10-26)27-11-12-29-18-30(14-13-28(29)17-27)32-20-42-38(46-32)34-16-6-24(2)48(34)36(50)22-44-40(52)54-4/h7-14,17-20,23-24,33-34H,5-6,15-16,21-22H2,1-4H3,(H,41,45)(H,42,46)(H,43,51)(H,44,52)/t23-,24-,33-,34-/m0/s1. The maximum Gasteiger partial charge on any atom is 0.407 e. The molecule has 54 heavy (non-hydrogen) atoms. The molecule has 0 saturated carbocycles. The summed E-state index contributed by atoms with van der Waals surface area (Å²) >= 11 is 0. The third-order valence-corrected chi connectivity index (χ3v) is 10.6. The first kappa shape index (κ1) is 36.2. The van der Waals surface area contributed by atoms with Gasteiger partial charge >= 0.3 is 12.2 Å². The van der Waals surface area contributed by atoms with Gasteiger partial charge in [0.15, 0.2) is 0 Å². The summed E-state index contributed by atoms with van der Waals surface area (Å²) in [7, 11) is 2.54. The average Bonchev–Trinajstić information content (AvgIpc) is 4.02. The Balaban J connectivity index is 1.02. The van der Waals surface area contributed by atoms with Crippen LogP contribution in [0.5, 0.6) is 0 Å². The van der Waals surface area contributed by atoms with E-state index < -0.39 is 12.2 Å². The molecule has 14 nitrogen and oxygen atoms in total. The van der Waals surface area contributed by atoms with Crippen molar-refractivity contribution in [2.75, 3.05) is 27.3 Å². The molecule has 5 aromatic rings. The van der Waals surface area contributed by atoms with Crippen LogP contribution in [0.3, 0.4) is 0 Å². The van der Waals surface area contributed by atoms with Gasteiger partial charge in [-0.2, -0.15) is 0 Å². The van der Waals surface area contributed by atoms with Crippen molar-refractivity contribution in [1.29, 1.82) is 0 Å². The van der Waals surface area contributed by atoms with Crippen LogP contribution in [0.1, 0.15) is 63.3 Å². The minimum Gasteiger partial charge on any atom is -0.453 e. The van der Waals surface area contributed by atoms with Gasteiger partial charge in [-0.05, 0) is 79.1 Å². The summed E-state index contributed by atoms with van der Waals surface area (Å²) in [4.78, 5) is 68.8. The summed E-state index contributed by atoms with van der Waals surface area (Å²) in [5.41, 5.74) is 5.87. The van der Waals surface area contributed by atoms with E-state index in [1.165, 1.54) is 14.2 Å². The number of amides is 4. The molecular formula is C40H44N8O6. The van der Waals surface area contributed by atoms with Crippen molar-refractivity contribution in [2.45, 2.75) is 63.7 Å². The number of hydrogen-bond acceptors (Lipinski definition) is 8. The SMILES string of the molecule is COC(=O)NCC(=O)N1[C@@H](C)CC[C@H]1c1ncc(-c2ccc(-c3ccc4cc(-c5cnc([C@@H]6CC[C@H](C)N6C(=O)CNC(=O)OC)[nH]5)ccc4c3)cc2)[nH]1. The Morgan fingerprint density at radius 2 is 1.06 bits per heavy atom. The van der Waals surface area contributed by atoms with E-state index in [9.17, 15) is 19.2 Å². The lowest BCUT2D eigenvalue weighted by molar-refractivity contribution is -0.133. The van der Waals surface area contributed by atoms with Gasteiger partial charge in [0.2, 0.25) is 11.8 Å². The number of ether oxygens (including phenoxy) is 2. The van der Waals surface area contributed by atoms with E-state index in [-0.39, 0.29) is 49.1 Å². The first-order chi connectivity index (χ1) is 26.1. The zero-order chi connectivity index (χ0) is 37.9. The number of methoxy groups -OCH3 is 2. The maximum absolute atomic E-state index is 13.0. The van der Waals surface area contributed by atoms with Crippen LogP contribution < -0.4 is 10.6 Å². The lowest BCUT2D eigenvalue weighted by atomic mass is 9.98. The van der Waals surface area contributed by atoms with E-state index >= 15 is 0 Å². The first-order valence-electron chi connectivity index (χ1n) is 18.1. The molecule has 2 fully saturated rings. The van der Waals surface area contributed by atoms with Crippen molar-refractivity contribution in [2.24, 2.45) is 0 Å². The smallest absolute Gasteiger partial charge is 0.407 e.